The van der Waals surface area contributed by atoms with Crippen LogP contribution in [0.15, 0.2) is 6.07 Å². The number of aromatic nitrogens is 2. The number of hydrazine groups is 1. The van der Waals surface area contributed by atoms with Gasteiger partial charge in [0.05, 0.1) is 0 Å². The van der Waals surface area contributed by atoms with Crippen LogP contribution < -0.4 is 16.6 Å². The Bertz CT molecular complexity index is 383. The number of rotatable bonds is 7. The summed E-state index contributed by atoms with van der Waals surface area (Å²) in [6, 6.07) is 2.99. The second-order valence-electron chi connectivity index (χ2n) is 5.21. The van der Waals surface area contributed by atoms with Gasteiger partial charge in [-0.25, -0.2) is 10.8 Å². The van der Waals surface area contributed by atoms with Gasteiger partial charge in [0.15, 0.2) is 0 Å². The molecule has 1 aromatic heterocycles. The third kappa shape index (κ3) is 5.00. The van der Waals surface area contributed by atoms with Crippen LogP contribution in [0.3, 0.4) is 0 Å². The van der Waals surface area contributed by atoms with Crippen molar-refractivity contribution in [1.82, 2.24) is 14.9 Å². The Morgan fingerprint density at radius 3 is 2.37 bits per heavy atom. The van der Waals surface area contributed by atoms with Crippen molar-refractivity contribution in [3.05, 3.63) is 11.8 Å². The van der Waals surface area contributed by atoms with E-state index in [-0.39, 0.29) is 0 Å². The third-order valence-corrected chi connectivity index (χ3v) is 2.99. The number of nitrogen functional groups attached to an aromatic ring is 1. The number of anilines is 2. The van der Waals surface area contributed by atoms with Gasteiger partial charge in [-0.15, -0.1) is 0 Å². The fourth-order valence-electron chi connectivity index (χ4n) is 2.15. The van der Waals surface area contributed by atoms with Gasteiger partial charge in [-0.2, -0.15) is 4.98 Å². The van der Waals surface area contributed by atoms with E-state index < -0.39 is 0 Å². The van der Waals surface area contributed by atoms with Crippen molar-refractivity contribution in [2.75, 3.05) is 23.8 Å². The molecule has 0 aliphatic carbocycles. The molecule has 6 heteroatoms. The lowest BCUT2D eigenvalue weighted by Gasteiger charge is -2.30. The van der Waals surface area contributed by atoms with Gasteiger partial charge >= 0.3 is 0 Å². The average molecular weight is 266 g/mol. The molecule has 1 aromatic rings. The second kappa shape index (κ2) is 7.25. The van der Waals surface area contributed by atoms with Gasteiger partial charge in [0, 0.05) is 36.9 Å². The van der Waals surface area contributed by atoms with Gasteiger partial charge in [0.2, 0.25) is 5.95 Å². The van der Waals surface area contributed by atoms with Crippen molar-refractivity contribution in [3.8, 4) is 0 Å². The summed E-state index contributed by atoms with van der Waals surface area (Å²) < 4.78 is 0. The fourth-order valence-corrected chi connectivity index (χ4v) is 2.15. The Hall–Kier alpha value is -1.40. The van der Waals surface area contributed by atoms with E-state index in [0.29, 0.717) is 18.0 Å². The zero-order valence-electron chi connectivity index (χ0n) is 12.6. The number of aryl methyl sites for hydroxylation is 1. The van der Waals surface area contributed by atoms with Crippen LogP contribution in [0.25, 0.3) is 0 Å². The maximum Gasteiger partial charge on any atom is 0.239 e. The topological polar surface area (TPSA) is 79.1 Å². The molecule has 1 rings (SSSR count). The van der Waals surface area contributed by atoms with Gasteiger partial charge in [0.25, 0.3) is 0 Å². The summed E-state index contributed by atoms with van der Waals surface area (Å²) >= 11 is 0. The number of hydrogen-bond acceptors (Lipinski definition) is 6. The summed E-state index contributed by atoms with van der Waals surface area (Å²) in [5.74, 6) is 6.57. The lowest BCUT2D eigenvalue weighted by molar-refractivity contribution is 0.182. The Kier molecular flexibility index (Phi) is 5.98. The number of nitrogens with two attached hydrogens (primary N) is 1. The zero-order valence-corrected chi connectivity index (χ0v) is 12.6. The fraction of sp³-hybridized carbons (Fsp3) is 0.692. The van der Waals surface area contributed by atoms with Gasteiger partial charge in [-0.3, -0.25) is 10.3 Å². The summed E-state index contributed by atoms with van der Waals surface area (Å²) in [4.78, 5) is 10.8. The highest BCUT2D eigenvalue weighted by Crippen LogP contribution is 2.09. The molecule has 0 atom stereocenters. The van der Waals surface area contributed by atoms with Crippen molar-refractivity contribution in [2.45, 2.75) is 46.7 Å². The van der Waals surface area contributed by atoms with Crippen LogP contribution in [-0.2, 0) is 0 Å². The van der Waals surface area contributed by atoms with Gasteiger partial charge in [-0.1, -0.05) is 0 Å². The first-order valence-electron chi connectivity index (χ1n) is 6.76. The number of nitrogens with zero attached hydrogens (tertiary/aromatic N) is 3. The molecule has 19 heavy (non-hydrogen) atoms. The molecule has 4 N–H and O–H groups in total. The summed E-state index contributed by atoms with van der Waals surface area (Å²) in [6.45, 7) is 12.6. The summed E-state index contributed by atoms with van der Waals surface area (Å²) in [7, 11) is 0. The monoisotopic (exact) mass is 266 g/mol. The summed E-state index contributed by atoms with van der Waals surface area (Å²) in [6.07, 6.45) is 0. The summed E-state index contributed by atoms with van der Waals surface area (Å²) in [5, 5.41) is 3.31. The van der Waals surface area contributed by atoms with Crippen LogP contribution in [0.5, 0.6) is 0 Å². The minimum Gasteiger partial charge on any atom is -0.369 e. The van der Waals surface area contributed by atoms with Crippen molar-refractivity contribution in [1.29, 1.82) is 0 Å². The molecule has 0 saturated carbocycles. The predicted octanol–water partition coefficient (Wildman–Crippen LogP) is 1.60. The number of hydrogen-bond donors (Lipinski definition) is 3. The molecule has 1 heterocycles. The van der Waals surface area contributed by atoms with E-state index in [2.05, 4.69) is 53.3 Å². The third-order valence-electron chi connectivity index (χ3n) is 2.99. The summed E-state index contributed by atoms with van der Waals surface area (Å²) in [5.41, 5.74) is 3.36. The van der Waals surface area contributed by atoms with E-state index in [1.807, 2.05) is 13.0 Å². The molecular weight excluding hydrogens is 240 g/mol. The van der Waals surface area contributed by atoms with Crippen LogP contribution >= 0.6 is 0 Å². The molecule has 0 fully saturated rings. The lowest BCUT2D eigenvalue weighted by Crippen LogP contribution is -2.40. The Morgan fingerprint density at radius 1 is 1.21 bits per heavy atom. The standard InChI is InChI=1S/C13H26N6/c1-9(2)19(10(3)4)7-6-15-12-8-11(5)16-13(17-12)18-14/h8-10H,6-7,14H2,1-5H3,(H2,15,16,17,18). The van der Waals surface area contributed by atoms with Crippen molar-refractivity contribution < 1.29 is 0 Å². The molecular formula is C13H26N6. The van der Waals surface area contributed by atoms with Crippen LogP contribution in [0.1, 0.15) is 33.4 Å². The lowest BCUT2D eigenvalue weighted by atomic mass is 10.2. The molecule has 0 spiro atoms. The first kappa shape index (κ1) is 15.7. The largest absolute Gasteiger partial charge is 0.369 e. The highest BCUT2D eigenvalue weighted by molar-refractivity contribution is 5.41. The van der Waals surface area contributed by atoms with Gasteiger partial charge in [0.1, 0.15) is 5.82 Å². The van der Waals surface area contributed by atoms with E-state index in [9.17, 15) is 0 Å². The number of nitrogens with one attached hydrogen (secondary N) is 2. The zero-order chi connectivity index (χ0) is 14.4. The van der Waals surface area contributed by atoms with Gasteiger partial charge in [-0.05, 0) is 34.6 Å². The quantitative estimate of drug-likeness (QED) is 0.514. The molecule has 0 unspecified atom stereocenters. The van der Waals surface area contributed by atoms with Crippen molar-refractivity contribution >= 4 is 11.8 Å². The van der Waals surface area contributed by atoms with E-state index in [1.165, 1.54) is 0 Å². The van der Waals surface area contributed by atoms with E-state index >= 15 is 0 Å². The van der Waals surface area contributed by atoms with Crippen LogP contribution in [0, 0.1) is 6.92 Å². The van der Waals surface area contributed by atoms with E-state index in [1.54, 1.807) is 0 Å². The van der Waals surface area contributed by atoms with E-state index in [0.717, 1.165) is 24.6 Å². The van der Waals surface area contributed by atoms with Gasteiger partial charge < -0.3 is 5.32 Å². The van der Waals surface area contributed by atoms with E-state index in [4.69, 9.17) is 5.84 Å². The smallest absolute Gasteiger partial charge is 0.239 e. The van der Waals surface area contributed by atoms with Crippen LogP contribution in [0.4, 0.5) is 11.8 Å². The highest BCUT2D eigenvalue weighted by Gasteiger charge is 2.12. The Balaban J connectivity index is 2.55. The molecule has 0 aromatic carbocycles. The molecule has 0 aliphatic rings. The predicted molar refractivity (Wildman–Crippen MR) is 80.0 cm³/mol. The van der Waals surface area contributed by atoms with Crippen molar-refractivity contribution in [3.63, 3.8) is 0 Å². The maximum absolute atomic E-state index is 5.33. The molecule has 0 amide bonds. The maximum atomic E-state index is 5.33. The minimum atomic E-state index is 0.437. The molecule has 0 saturated heterocycles. The molecule has 108 valence electrons. The molecule has 0 aliphatic heterocycles. The Morgan fingerprint density at radius 2 is 1.84 bits per heavy atom. The average Bonchev–Trinajstić information content (AvgIpc) is 2.32. The van der Waals surface area contributed by atoms with Crippen LogP contribution in [-0.4, -0.2) is 40.0 Å². The van der Waals surface area contributed by atoms with Crippen LogP contribution in [0.2, 0.25) is 0 Å². The highest BCUT2D eigenvalue weighted by atomic mass is 15.3. The second-order valence-corrected chi connectivity index (χ2v) is 5.21. The molecule has 0 bridgehead atoms. The Labute approximate surface area is 115 Å². The molecule has 0 radical (unpaired) electrons. The normalized spacial score (nSPS) is 11.4. The SMILES string of the molecule is Cc1cc(NCCN(C(C)C)C(C)C)nc(NN)n1. The minimum absolute atomic E-state index is 0.437. The first-order valence-corrected chi connectivity index (χ1v) is 6.76. The molecule has 6 nitrogen and oxygen atoms in total. The van der Waals surface area contributed by atoms with Crippen molar-refractivity contribution in [2.24, 2.45) is 5.84 Å². The first-order chi connectivity index (χ1) is 8.93.